The summed E-state index contributed by atoms with van der Waals surface area (Å²) in [6, 6.07) is 44.7. The molecule has 0 unspecified atom stereocenters. The van der Waals surface area contributed by atoms with Crippen LogP contribution in [0.4, 0.5) is 0 Å². The van der Waals surface area contributed by atoms with Crippen molar-refractivity contribution < 1.29 is 4.42 Å². The Bertz CT molecular complexity index is 2060. The lowest BCUT2D eigenvalue weighted by molar-refractivity contribution is 0.668. The van der Waals surface area contributed by atoms with Crippen LogP contribution in [0.25, 0.3) is 71.8 Å². The Morgan fingerprint density at radius 2 is 1.13 bits per heavy atom. The first-order valence-corrected chi connectivity index (χ1v) is 12.8. The van der Waals surface area contributed by atoms with E-state index in [9.17, 15) is 0 Å². The molecule has 0 atom stereocenters. The highest BCUT2D eigenvalue weighted by molar-refractivity contribution is 6.12. The molecule has 0 aliphatic carbocycles. The molecule has 0 N–H and O–H groups in total. The van der Waals surface area contributed by atoms with Crippen molar-refractivity contribution in [3.8, 4) is 28.1 Å². The number of hydrogen-bond donors (Lipinski definition) is 0. The monoisotopic (exact) mass is 486 g/mol. The van der Waals surface area contributed by atoms with Gasteiger partial charge in [0.05, 0.1) is 22.4 Å². The molecule has 3 heteroatoms. The van der Waals surface area contributed by atoms with Crippen molar-refractivity contribution in [2.24, 2.45) is 0 Å². The van der Waals surface area contributed by atoms with Gasteiger partial charge in [0.2, 0.25) is 0 Å². The molecule has 0 radical (unpaired) electrons. The summed E-state index contributed by atoms with van der Waals surface area (Å²) in [5, 5.41) is 4.73. The van der Waals surface area contributed by atoms with E-state index in [-0.39, 0.29) is 0 Å². The van der Waals surface area contributed by atoms with Gasteiger partial charge in [0.15, 0.2) is 0 Å². The molecule has 38 heavy (non-hydrogen) atoms. The second-order valence-corrected chi connectivity index (χ2v) is 9.63. The van der Waals surface area contributed by atoms with Gasteiger partial charge >= 0.3 is 0 Å². The third kappa shape index (κ3) is 3.12. The van der Waals surface area contributed by atoms with Crippen molar-refractivity contribution in [2.45, 2.75) is 0 Å². The highest BCUT2D eigenvalue weighted by Gasteiger charge is 2.18. The van der Waals surface area contributed by atoms with Gasteiger partial charge in [-0.2, -0.15) is 0 Å². The largest absolute Gasteiger partial charge is 0.456 e. The minimum Gasteiger partial charge on any atom is -0.456 e. The minimum atomic E-state index is 0.886. The smallest absolute Gasteiger partial charge is 0.137 e. The zero-order valence-corrected chi connectivity index (χ0v) is 20.5. The van der Waals surface area contributed by atoms with E-state index in [0.29, 0.717) is 0 Å². The van der Waals surface area contributed by atoms with Crippen LogP contribution in [-0.4, -0.2) is 9.55 Å². The summed E-state index contributed by atoms with van der Waals surface area (Å²) in [7, 11) is 0. The van der Waals surface area contributed by atoms with Gasteiger partial charge in [0, 0.05) is 44.9 Å². The van der Waals surface area contributed by atoms with Crippen molar-refractivity contribution in [1.82, 2.24) is 9.55 Å². The predicted octanol–water partition coefficient (Wildman–Crippen LogP) is 9.41. The number of rotatable bonds is 3. The molecule has 8 aromatic rings. The lowest BCUT2D eigenvalue weighted by Crippen LogP contribution is -1.97. The van der Waals surface area contributed by atoms with Crippen LogP contribution in [0.15, 0.2) is 138 Å². The van der Waals surface area contributed by atoms with E-state index in [1.165, 1.54) is 21.8 Å². The number of fused-ring (bicyclic) bond motifs is 6. The molecule has 0 saturated carbocycles. The second kappa shape index (κ2) is 8.19. The van der Waals surface area contributed by atoms with Crippen LogP contribution in [0.1, 0.15) is 0 Å². The standard InChI is InChI=1S/C35H22N2O/c1-4-13-31-25(9-1)26-10-2-5-14-32(26)37(31)33-22-35-29(27-11-3-6-15-34(27)38-35)21-28(33)23-16-18-24(19-17-23)30-12-7-8-20-36-30/h1-22H. The molecule has 3 heterocycles. The maximum atomic E-state index is 6.36. The average molecular weight is 487 g/mol. The van der Waals surface area contributed by atoms with Gasteiger partial charge in [-0.05, 0) is 42.0 Å². The number of pyridine rings is 1. The Labute approximate surface area is 219 Å². The summed E-state index contributed by atoms with van der Waals surface area (Å²) < 4.78 is 8.74. The molecule has 0 amide bonds. The van der Waals surface area contributed by atoms with Crippen molar-refractivity contribution in [2.75, 3.05) is 0 Å². The first kappa shape index (κ1) is 21.0. The molecule has 0 spiro atoms. The summed E-state index contributed by atoms with van der Waals surface area (Å²) >= 11 is 0. The Morgan fingerprint density at radius 1 is 0.500 bits per heavy atom. The molecular formula is C35H22N2O. The number of benzene rings is 5. The third-order valence-corrected chi connectivity index (χ3v) is 7.47. The lowest BCUT2D eigenvalue weighted by atomic mass is 9.98. The molecule has 3 aromatic heterocycles. The molecule has 178 valence electrons. The van der Waals surface area contributed by atoms with Gasteiger partial charge < -0.3 is 8.98 Å². The summed E-state index contributed by atoms with van der Waals surface area (Å²) in [5.41, 5.74) is 9.61. The quantitative estimate of drug-likeness (QED) is 0.249. The summed E-state index contributed by atoms with van der Waals surface area (Å²) in [6.45, 7) is 0. The SMILES string of the molecule is c1ccc(-c2ccc(-c3cc4c(cc3-n3c5ccccc5c5ccccc53)oc3ccccc34)cc2)nc1. The Hall–Kier alpha value is -5.15. The Morgan fingerprint density at radius 3 is 1.84 bits per heavy atom. The predicted molar refractivity (Wildman–Crippen MR) is 157 cm³/mol. The summed E-state index contributed by atoms with van der Waals surface area (Å²) in [4.78, 5) is 4.53. The van der Waals surface area contributed by atoms with Crippen molar-refractivity contribution >= 4 is 43.7 Å². The molecular weight excluding hydrogens is 464 g/mol. The molecule has 0 bridgehead atoms. The van der Waals surface area contributed by atoms with E-state index in [0.717, 1.165) is 50.0 Å². The Kier molecular flexibility index (Phi) is 4.52. The summed E-state index contributed by atoms with van der Waals surface area (Å²) in [6.07, 6.45) is 1.83. The number of para-hydroxylation sites is 3. The lowest BCUT2D eigenvalue weighted by Gasteiger charge is -2.15. The van der Waals surface area contributed by atoms with Crippen LogP contribution < -0.4 is 0 Å². The van der Waals surface area contributed by atoms with Crippen molar-refractivity contribution in [1.29, 1.82) is 0 Å². The van der Waals surface area contributed by atoms with E-state index >= 15 is 0 Å². The van der Waals surface area contributed by atoms with E-state index < -0.39 is 0 Å². The normalized spacial score (nSPS) is 11.7. The van der Waals surface area contributed by atoms with Crippen molar-refractivity contribution in [3.63, 3.8) is 0 Å². The Balaban J connectivity index is 1.45. The fraction of sp³-hybridized carbons (Fsp3) is 0. The zero-order valence-electron chi connectivity index (χ0n) is 20.5. The van der Waals surface area contributed by atoms with Gasteiger partial charge in [-0.25, -0.2) is 0 Å². The zero-order chi connectivity index (χ0) is 25.1. The molecule has 5 aromatic carbocycles. The fourth-order valence-electron chi connectivity index (χ4n) is 5.71. The molecule has 0 fully saturated rings. The molecule has 0 aliphatic rings. The van der Waals surface area contributed by atoms with Gasteiger partial charge in [-0.1, -0.05) is 84.9 Å². The molecule has 0 aliphatic heterocycles. The van der Waals surface area contributed by atoms with E-state index in [1.807, 2.05) is 36.5 Å². The van der Waals surface area contributed by atoms with Crippen LogP contribution in [-0.2, 0) is 0 Å². The van der Waals surface area contributed by atoms with Gasteiger partial charge in [-0.15, -0.1) is 0 Å². The van der Waals surface area contributed by atoms with E-state index in [1.54, 1.807) is 0 Å². The topological polar surface area (TPSA) is 31.0 Å². The van der Waals surface area contributed by atoms with Crippen molar-refractivity contribution in [3.05, 3.63) is 134 Å². The van der Waals surface area contributed by atoms with Crippen LogP contribution >= 0.6 is 0 Å². The van der Waals surface area contributed by atoms with Crippen LogP contribution in [0.2, 0.25) is 0 Å². The van der Waals surface area contributed by atoms with Gasteiger partial charge in [0.25, 0.3) is 0 Å². The maximum absolute atomic E-state index is 6.36. The van der Waals surface area contributed by atoms with Crippen LogP contribution in [0.3, 0.4) is 0 Å². The van der Waals surface area contributed by atoms with Crippen LogP contribution in [0.5, 0.6) is 0 Å². The van der Waals surface area contributed by atoms with E-state index in [4.69, 9.17) is 4.42 Å². The first-order chi connectivity index (χ1) is 18.8. The fourth-order valence-corrected chi connectivity index (χ4v) is 5.71. The number of furan rings is 1. The molecule has 0 saturated heterocycles. The number of hydrogen-bond acceptors (Lipinski definition) is 2. The highest BCUT2D eigenvalue weighted by Crippen LogP contribution is 2.40. The van der Waals surface area contributed by atoms with Gasteiger partial charge in [0.1, 0.15) is 11.2 Å². The van der Waals surface area contributed by atoms with E-state index in [2.05, 4.69) is 107 Å². The molecule has 8 rings (SSSR count). The van der Waals surface area contributed by atoms with Gasteiger partial charge in [-0.3, -0.25) is 4.98 Å². The average Bonchev–Trinajstić information content (AvgIpc) is 3.52. The maximum Gasteiger partial charge on any atom is 0.137 e. The first-order valence-electron chi connectivity index (χ1n) is 12.8. The second-order valence-electron chi connectivity index (χ2n) is 9.63. The number of aromatic nitrogens is 2. The molecule has 3 nitrogen and oxygen atoms in total. The number of nitrogens with zero attached hydrogens (tertiary/aromatic N) is 2. The third-order valence-electron chi connectivity index (χ3n) is 7.47. The summed E-state index contributed by atoms with van der Waals surface area (Å²) in [5.74, 6) is 0. The minimum absolute atomic E-state index is 0.886. The highest BCUT2D eigenvalue weighted by atomic mass is 16.3. The van der Waals surface area contributed by atoms with Crippen LogP contribution in [0, 0.1) is 0 Å².